The van der Waals surface area contributed by atoms with Crippen LogP contribution in [0.5, 0.6) is 0 Å². The average Bonchev–Trinajstić information content (AvgIpc) is 3.11. The minimum atomic E-state index is -4.10. The third kappa shape index (κ3) is 4.42. The second-order valence-corrected chi connectivity index (χ2v) is 8.38. The van der Waals surface area contributed by atoms with Crippen molar-refractivity contribution in [3.05, 3.63) is 34.4 Å². The zero-order chi connectivity index (χ0) is 20.4. The molecule has 0 aromatic heterocycles. The third-order valence-corrected chi connectivity index (χ3v) is 6.37. The number of hydrogen-bond acceptors (Lipinski definition) is 6. The zero-order valence-corrected chi connectivity index (χ0v) is 15.8. The van der Waals surface area contributed by atoms with Crippen molar-refractivity contribution >= 4 is 27.6 Å². The van der Waals surface area contributed by atoms with E-state index in [-0.39, 0.29) is 23.7 Å². The van der Waals surface area contributed by atoms with Gasteiger partial charge in [-0.15, -0.1) is 0 Å². The normalized spacial score (nSPS) is 18.8. The number of amides is 1. The summed E-state index contributed by atoms with van der Waals surface area (Å²) in [5.74, 6) is -2.33. The summed E-state index contributed by atoms with van der Waals surface area (Å²) in [7, 11) is -2.67. The molecule has 1 saturated heterocycles. The van der Waals surface area contributed by atoms with Gasteiger partial charge in [0.15, 0.2) is 0 Å². The van der Waals surface area contributed by atoms with E-state index in [0.29, 0.717) is 12.8 Å². The van der Waals surface area contributed by atoms with Crippen LogP contribution in [0.2, 0.25) is 0 Å². The number of carboxylic acid groups (broad SMARTS) is 1. The lowest BCUT2D eigenvalue weighted by molar-refractivity contribution is -0.385. The predicted molar refractivity (Wildman–Crippen MR) is 94.4 cm³/mol. The maximum absolute atomic E-state index is 12.9. The number of rotatable bonds is 7. The highest BCUT2D eigenvalue weighted by molar-refractivity contribution is 7.89. The van der Waals surface area contributed by atoms with Crippen molar-refractivity contribution in [3.8, 4) is 0 Å². The van der Waals surface area contributed by atoms with Crippen LogP contribution < -0.4 is 0 Å². The number of likely N-dealkylation sites (N-methyl/N-ethyl adjacent to an activating group) is 1. The van der Waals surface area contributed by atoms with Gasteiger partial charge in [0, 0.05) is 32.3 Å². The number of carbonyl (C=O) groups is 2. The first-order valence-corrected chi connectivity index (χ1v) is 9.73. The fraction of sp³-hybridized carbons (Fsp3) is 0.500. The molecule has 0 aliphatic carbocycles. The van der Waals surface area contributed by atoms with Crippen molar-refractivity contribution in [2.45, 2.75) is 30.7 Å². The van der Waals surface area contributed by atoms with Crippen LogP contribution >= 0.6 is 0 Å². The molecule has 27 heavy (non-hydrogen) atoms. The molecule has 0 spiro atoms. The number of nitrogens with zero attached hydrogens (tertiary/aromatic N) is 3. The van der Waals surface area contributed by atoms with Gasteiger partial charge in [-0.05, 0) is 18.9 Å². The van der Waals surface area contributed by atoms with Crippen LogP contribution in [0.3, 0.4) is 0 Å². The number of carbonyl (C=O) groups excluding carboxylic acids is 1. The minimum Gasteiger partial charge on any atom is -0.481 e. The van der Waals surface area contributed by atoms with Crippen LogP contribution in [-0.4, -0.2) is 65.7 Å². The summed E-state index contributed by atoms with van der Waals surface area (Å²) in [6.45, 7) is 1.53. The monoisotopic (exact) mass is 399 g/mol. The lowest BCUT2D eigenvalue weighted by atomic mass is 10.1. The fourth-order valence-corrected chi connectivity index (χ4v) is 4.69. The molecule has 2 unspecified atom stereocenters. The number of nitro benzene ring substituents is 1. The van der Waals surface area contributed by atoms with Gasteiger partial charge in [0.05, 0.1) is 15.7 Å². The molecule has 1 heterocycles. The second-order valence-electron chi connectivity index (χ2n) is 6.49. The Morgan fingerprint density at radius 3 is 2.70 bits per heavy atom. The largest absolute Gasteiger partial charge is 0.481 e. The molecule has 11 heteroatoms. The van der Waals surface area contributed by atoms with Crippen molar-refractivity contribution in [1.29, 1.82) is 0 Å². The summed E-state index contributed by atoms with van der Waals surface area (Å²) < 4.78 is 26.9. The standard InChI is InChI=1S/C16H21N3O7S/c1-11(16(21)22)10-17(2)15(20)14-7-4-8-18(14)27(25,26)13-6-3-5-12(9-13)19(23)24/h3,5-6,9,11,14H,4,7-8,10H2,1-2H3,(H,21,22). The van der Waals surface area contributed by atoms with Crippen molar-refractivity contribution < 1.29 is 28.0 Å². The van der Waals surface area contributed by atoms with E-state index in [0.717, 1.165) is 10.4 Å². The topological polar surface area (TPSA) is 138 Å². The molecular weight excluding hydrogens is 378 g/mol. The average molecular weight is 399 g/mol. The van der Waals surface area contributed by atoms with E-state index < -0.39 is 38.8 Å². The van der Waals surface area contributed by atoms with Crippen molar-refractivity contribution in [2.24, 2.45) is 5.92 Å². The second kappa shape index (κ2) is 8.01. The van der Waals surface area contributed by atoms with Crippen molar-refractivity contribution in [3.63, 3.8) is 0 Å². The smallest absolute Gasteiger partial charge is 0.308 e. The van der Waals surface area contributed by atoms with Gasteiger partial charge >= 0.3 is 5.97 Å². The van der Waals surface area contributed by atoms with Crippen molar-refractivity contribution in [1.82, 2.24) is 9.21 Å². The quantitative estimate of drug-likeness (QED) is 0.531. The Morgan fingerprint density at radius 2 is 2.11 bits per heavy atom. The molecule has 1 aromatic carbocycles. The van der Waals surface area contributed by atoms with Gasteiger partial charge in [-0.2, -0.15) is 4.31 Å². The first-order valence-electron chi connectivity index (χ1n) is 8.29. The van der Waals surface area contributed by atoms with Crippen LogP contribution in [-0.2, 0) is 19.6 Å². The lowest BCUT2D eigenvalue weighted by Gasteiger charge is -2.28. The summed E-state index contributed by atoms with van der Waals surface area (Å²) in [6, 6.07) is 3.72. The molecule has 10 nitrogen and oxygen atoms in total. The van der Waals surface area contributed by atoms with E-state index in [4.69, 9.17) is 5.11 Å². The number of aliphatic carboxylic acids is 1. The van der Waals surface area contributed by atoms with Gasteiger partial charge in [0.25, 0.3) is 5.69 Å². The Balaban J connectivity index is 2.26. The summed E-state index contributed by atoms with van der Waals surface area (Å²) in [5, 5.41) is 19.9. The van der Waals surface area contributed by atoms with E-state index in [2.05, 4.69) is 0 Å². The van der Waals surface area contributed by atoms with Crippen molar-refractivity contribution in [2.75, 3.05) is 20.1 Å². The molecule has 1 fully saturated rings. The molecule has 1 aromatic rings. The molecule has 0 radical (unpaired) electrons. The first kappa shape index (κ1) is 20.8. The van der Waals surface area contributed by atoms with Gasteiger partial charge in [0.1, 0.15) is 6.04 Å². The molecule has 1 amide bonds. The minimum absolute atomic E-state index is 0.0463. The zero-order valence-electron chi connectivity index (χ0n) is 14.9. The van der Waals surface area contributed by atoms with E-state index in [1.165, 1.54) is 37.1 Å². The van der Waals surface area contributed by atoms with E-state index in [1.54, 1.807) is 0 Å². The number of sulfonamides is 1. The molecule has 1 aliphatic rings. The van der Waals surface area contributed by atoms with Gasteiger partial charge in [-0.3, -0.25) is 19.7 Å². The molecule has 148 valence electrons. The van der Waals surface area contributed by atoms with E-state index in [1.807, 2.05) is 0 Å². The lowest BCUT2D eigenvalue weighted by Crippen LogP contribution is -2.47. The maximum atomic E-state index is 12.9. The SMILES string of the molecule is CC(CN(C)C(=O)C1CCCN1S(=O)(=O)c1cccc([N+](=O)[O-])c1)C(=O)O. The van der Waals surface area contributed by atoms with Crippen LogP contribution in [0.4, 0.5) is 5.69 Å². The number of hydrogen-bond donors (Lipinski definition) is 1. The molecule has 0 saturated carbocycles. The Hall–Kier alpha value is -2.53. The molecule has 1 aliphatic heterocycles. The van der Waals surface area contributed by atoms with Crippen LogP contribution in [0, 0.1) is 16.0 Å². The van der Waals surface area contributed by atoms with Gasteiger partial charge in [-0.1, -0.05) is 13.0 Å². The van der Waals surface area contributed by atoms with Gasteiger partial charge in [-0.25, -0.2) is 8.42 Å². The van der Waals surface area contributed by atoms with E-state index >= 15 is 0 Å². The van der Waals surface area contributed by atoms with Gasteiger partial charge < -0.3 is 10.0 Å². The highest BCUT2D eigenvalue weighted by Gasteiger charge is 2.41. The summed E-state index contributed by atoms with van der Waals surface area (Å²) in [5.41, 5.74) is -0.356. The Kier molecular flexibility index (Phi) is 6.16. The number of nitro groups is 1. The summed E-state index contributed by atoms with van der Waals surface area (Å²) in [6.07, 6.45) is 0.770. The van der Waals surface area contributed by atoms with Gasteiger partial charge in [0.2, 0.25) is 15.9 Å². The molecular formula is C16H21N3O7S. The number of carboxylic acids is 1. The van der Waals surface area contributed by atoms with Crippen LogP contribution in [0.25, 0.3) is 0 Å². The Morgan fingerprint density at radius 1 is 1.44 bits per heavy atom. The first-order chi connectivity index (χ1) is 12.6. The highest BCUT2D eigenvalue weighted by atomic mass is 32.2. The maximum Gasteiger partial charge on any atom is 0.308 e. The fourth-order valence-electron chi connectivity index (χ4n) is 3.00. The summed E-state index contributed by atoms with van der Waals surface area (Å²) >= 11 is 0. The third-order valence-electron chi connectivity index (χ3n) is 4.47. The number of benzene rings is 1. The van der Waals surface area contributed by atoms with Crippen LogP contribution in [0.1, 0.15) is 19.8 Å². The van der Waals surface area contributed by atoms with Crippen LogP contribution in [0.15, 0.2) is 29.2 Å². The molecule has 1 N–H and O–H groups in total. The predicted octanol–water partition coefficient (Wildman–Crippen LogP) is 0.927. The highest BCUT2D eigenvalue weighted by Crippen LogP contribution is 2.28. The number of non-ortho nitro benzene ring substituents is 1. The molecule has 2 atom stereocenters. The molecule has 2 rings (SSSR count). The molecule has 0 bridgehead atoms. The van der Waals surface area contributed by atoms with E-state index in [9.17, 15) is 28.1 Å². The summed E-state index contributed by atoms with van der Waals surface area (Å²) in [4.78, 5) is 34.8. The Labute approximate surface area is 156 Å². The Bertz CT molecular complexity index is 855.